The number of likely N-dealkylation sites (tertiary alicyclic amines) is 1. The SMILES string of the molecule is COc1cc2c(cc1CN1CC[C@@H]3OCc4cnnn4[C@@H]3C1)OCO2. The molecule has 3 aliphatic rings. The number of hydrogen-bond acceptors (Lipinski definition) is 7. The molecule has 0 N–H and O–H groups in total. The zero-order valence-corrected chi connectivity index (χ0v) is 14.1. The summed E-state index contributed by atoms with van der Waals surface area (Å²) in [6, 6.07) is 4.13. The largest absolute Gasteiger partial charge is 0.496 e. The van der Waals surface area contributed by atoms with Crippen molar-refractivity contribution < 1.29 is 18.9 Å². The molecule has 2 atom stereocenters. The number of methoxy groups -OCH3 is 1. The average Bonchev–Trinajstić information content (AvgIpc) is 3.29. The van der Waals surface area contributed by atoms with E-state index in [-0.39, 0.29) is 18.9 Å². The third kappa shape index (κ3) is 2.52. The van der Waals surface area contributed by atoms with Gasteiger partial charge in [0.25, 0.3) is 0 Å². The van der Waals surface area contributed by atoms with Crippen molar-refractivity contribution in [2.24, 2.45) is 0 Å². The minimum absolute atomic E-state index is 0.208. The Labute approximate surface area is 145 Å². The number of rotatable bonds is 3. The third-order valence-electron chi connectivity index (χ3n) is 5.18. The van der Waals surface area contributed by atoms with Crippen molar-refractivity contribution in [1.29, 1.82) is 0 Å². The van der Waals surface area contributed by atoms with Crippen LogP contribution in [0.1, 0.15) is 23.7 Å². The molecule has 0 saturated carbocycles. The van der Waals surface area contributed by atoms with Gasteiger partial charge in [0.05, 0.1) is 37.8 Å². The quantitative estimate of drug-likeness (QED) is 0.832. The zero-order valence-electron chi connectivity index (χ0n) is 14.1. The fraction of sp³-hybridized carbons (Fsp3) is 0.529. The highest BCUT2D eigenvalue weighted by molar-refractivity contribution is 5.51. The molecule has 0 bridgehead atoms. The molecule has 1 aromatic heterocycles. The predicted molar refractivity (Wildman–Crippen MR) is 86.6 cm³/mol. The summed E-state index contributed by atoms with van der Waals surface area (Å²) in [5.41, 5.74) is 2.14. The molecule has 2 aromatic rings. The number of ether oxygens (including phenoxy) is 4. The Bertz CT molecular complexity index is 793. The minimum atomic E-state index is 0.208. The molecular formula is C17H20N4O4. The maximum atomic E-state index is 5.98. The van der Waals surface area contributed by atoms with E-state index in [2.05, 4.69) is 15.2 Å². The summed E-state index contributed by atoms with van der Waals surface area (Å²) in [4.78, 5) is 2.40. The summed E-state index contributed by atoms with van der Waals surface area (Å²) in [7, 11) is 1.68. The lowest BCUT2D eigenvalue weighted by atomic mass is 9.99. The number of benzene rings is 1. The standard InChI is InChI=1S/C17H20N4O4/c1-22-15-5-17-16(24-10-25-17)4-11(15)7-20-3-2-14-13(8-20)21-12(9-23-14)6-18-19-21/h4-6,13-14H,2-3,7-10H2,1H3/t13-,14+/m1/s1. The summed E-state index contributed by atoms with van der Waals surface area (Å²) in [5.74, 6) is 2.35. The summed E-state index contributed by atoms with van der Waals surface area (Å²) < 4.78 is 24.5. The first-order valence-electron chi connectivity index (χ1n) is 8.51. The molecule has 5 rings (SSSR count). The fourth-order valence-corrected chi connectivity index (χ4v) is 3.91. The van der Waals surface area contributed by atoms with Crippen LogP contribution in [-0.2, 0) is 17.9 Å². The maximum Gasteiger partial charge on any atom is 0.231 e. The molecule has 0 spiro atoms. The Kier molecular flexibility index (Phi) is 3.53. The van der Waals surface area contributed by atoms with Crippen molar-refractivity contribution in [2.75, 3.05) is 27.0 Å². The van der Waals surface area contributed by atoms with Gasteiger partial charge in [0, 0.05) is 31.3 Å². The van der Waals surface area contributed by atoms with Gasteiger partial charge >= 0.3 is 0 Å². The predicted octanol–water partition coefficient (Wildman–Crippen LogP) is 1.36. The van der Waals surface area contributed by atoms with Crippen molar-refractivity contribution >= 4 is 0 Å². The average molecular weight is 344 g/mol. The van der Waals surface area contributed by atoms with Gasteiger partial charge in [-0.25, -0.2) is 4.68 Å². The van der Waals surface area contributed by atoms with E-state index < -0.39 is 0 Å². The van der Waals surface area contributed by atoms with Crippen molar-refractivity contribution in [3.05, 3.63) is 29.6 Å². The molecule has 8 nitrogen and oxygen atoms in total. The summed E-state index contributed by atoms with van der Waals surface area (Å²) >= 11 is 0. The van der Waals surface area contributed by atoms with E-state index in [4.69, 9.17) is 18.9 Å². The van der Waals surface area contributed by atoms with E-state index in [1.54, 1.807) is 13.3 Å². The number of aromatic nitrogens is 3. The van der Waals surface area contributed by atoms with Gasteiger partial charge in [0.2, 0.25) is 6.79 Å². The van der Waals surface area contributed by atoms with Crippen LogP contribution in [0.5, 0.6) is 17.2 Å². The van der Waals surface area contributed by atoms with Gasteiger partial charge in [-0.2, -0.15) is 0 Å². The maximum absolute atomic E-state index is 5.98. The summed E-state index contributed by atoms with van der Waals surface area (Å²) in [6.07, 6.45) is 2.98. The smallest absolute Gasteiger partial charge is 0.231 e. The first kappa shape index (κ1) is 15.0. The molecule has 3 aliphatic heterocycles. The van der Waals surface area contributed by atoms with Crippen molar-refractivity contribution in [3.63, 3.8) is 0 Å². The second kappa shape index (κ2) is 5.89. The van der Waals surface area contributed by atoms with E-state index in [0.29, 0.717) is 6.61 Å². The van der Waals surface area contributed by atoms with E-state index >= 15 is 0 Å². The Morgan fingerprint density at radius 1 is 1.28 bits per heavy atom. The molecule has 8 heteroatoms. The number of piperidine rings is 1. The summed E-state index contributed by atoms with van der Waals surface area (Å²) in [6.45, 7) is 3.50. The van der Waals surface area contributed by atoms with Crippen LogP contribution in [-0.4, -0.2) is 53.0 Å². The Balaban J connectivity index is 1.38. The zero-order chi connectivity index (χ0) is 16.8. The van der Waals surface area contributed by atoms with Crippen molar-refractivity contribution in [2.45, 2.75) is 31.7 Å². The van der Waals surface area contributed by atoms with Gasteiger partial charge in [0.15, 0.2) is 11.5 Å². The van der Waals surface area contributed by atoms with Crippen LogP contribution < -0.4 is 14.2 Å². The fourth-order valence-electron chi connectivity index (χ4n) is 3.91. The van der Waals surface area contributed by atoms with Gasteiger partial charge in [-0.1, -0.05) is 5.21 Å². The molecule has 0 amide bonds. The van der Waals surface area contributed by atoms with E-state index in [9.17, 15) is 0 Å². The molecule has 0 unspecified atom stereocenters. The molecule has 1 saturated heterocycles. The molecule has 132 valence electrons. The van der Waals surface area contributed by atoms with Crippen molar-refractivity contribution in [1.82, 2.24) is 19.9 Å². The van der Waals surface area contributed by atoms with E-state index in [1.165, 1.54) is 0 Å². The highest BCUT2D eigenvalue weighted by atomic mass is 16.7. The van der Waals surface area contributed by atoms with Crippen LogP contribution in [0.3, 0.4) is 0 Å². The van der Waals surface area contributed by atoms with Gasteiger partial charge in [-0.15, -0.1) is 5.10 Å². The third-order valence-corrected chi connectivity index (χ3v) is 5.18. The molecular weight excluding hydrogens is 324 g/mol. The first-order chi connectivity index (χ1) is 12.3. The Morgan fingerprint density at radius 2 is 2.16 bits per heavy atom. The van der Waals surface area contributed by atoms with Crippen LogP contribution in [0, 0.1) is 0 Å². The monoisotopic (exact) mass is 344 g/mol. The second-order valence-electron chi connectivity index (χ2n) is 6.63. The lowest BCUT2D eigenvalue weighted by Gasteiger charge is -2.41. The minimum Gasteiger partial charge on any atom is -0.496 e. The molecule has 25 heavy (non-hydrogen) atoms. The first-order valence-corrected chi connectivity index (χ1v) is 8.51. The van der Waals surface area contributed by atoms with Gasteiger partial charge in [0.1, 0.15) is 5.75 Å². The molecule has 4 heterocycles. The molecule has 1 fully saturated rings. The number of hydrogen-bond donors (Lipinski definition) is 0. The molecule has 0 radical (unpaired) electrons. The lowest BCUT2D eigenvalue weighted by Crippen LogP contribution is -2.47. The number of fused-ring (bicyclic) bond motifs is 4. The van der Waals surface area contributed by atoms with Crippen molar-refractivity contribution in [3.8, 4) is 17.2 Å². The highest BCUT2D eigenvalue weighted by Gasteiger charge is 2.36. The number of nitrogens with zero attached hydrogens (tertiary/aromatic N) is 4. The highest BCUT2D eigenvalue weighted by Crippen LogP contribution is 2.39. The van der Waals surface area contributed by atoms with Gasteiger partial charge in [-0.3, -0.25) is 4.90 Å². The van der Waals surface area contributed by atoms with Gasteiger partial charge in [-0.05, 0) is 12.5 Å². The van der Waals surface area contributed by atoms with Crippen LogP contribution in [0.4, 0.5) is 0 Å². The molecule has 0 aliphatic carbocycles. The molecule has 1 aromatic carbocycles. The summed E-state index contributed by atoms with van der Waals surface area (Å²) in [5, 5.41) is 8.30. The second-order valence-corrected chi connectivity index (χ2v) is 6.63. The van der Waals surface area contributed by atoms with Crippen LogP contribution >= 0.6 is 0 Å². The van der Waals surface area contributed by atoms with E-state index in [1.807, 2.05) is 16.8 Å². The van der Waals surface area contributed by atoms with Crippen LogP contribution in [0.2, 0.25) is 0 Å². The normalized spacial score (nSPS) is 24.7. The topological polar surface area (TPSA) is 70.9 Å². The van der Waals surface area contributed by atoms with Crippen LogP contribution in [0.25, 0.3) is 0 Å². The Morgan fingerprint density at radius 3 is 3.04 bits per heavy atom. The lowest BCUT2D eigenvalue weighted by molar-refractivity contribution is -0.0670. The Hall–Kier alpha value is -2.32. The van der Waals surface area contributed by atoms with Gasteiger partial charge < -0.3 is 18.9 Å². The van der Waals surface area contributed by atoms with E-state index in [0.717, 1.165) is 54.6 Å². The van der Waals surface area contributed by atoms with Crippen LogP contribution in [0.15, 0.2) is 18.3 Å².